The molecule has 0 aromatic rings. The number of allylic oxidation sites excluding steroid dienone is 1. The topological polar surface area (TPSA) is 53.0 Å². The van der Waals surface area contributed by atoms with Gasteiger partial charge in [0, 0.05) is 6.04 Å². The van der Waals surface area contributed by atoms with E-state index >= 15 is 0 Å². The van der Waals surface area contributed by atoms with E-state index in [-0.39, 0.29) is 11.9 Å². The number of amides is 1. The van der Waals surface area contributed by atoms with Gasteiger partial charge in [-0.3, -0.25) is 10.2 Å². The second-order valence-corrected chi connectivity index (χ2v) is 8.76. The summed E-state index contributed by atoms with van der Waals surface area (Å²) in [5.74, 6) is 1.47. The van der Waals surface area contributed by atoms with Crippen LogP contribution in [-0.4, -0.2) is 23.2 Å². The second-order valence-electron chi connectivity index (χ2n) is 7.50. The third-order valence-corrected chi connectivity index (χ3v) is 5.43. The number of nitrogens with one attached hydrogen (secondary N) is 2. The van der Waals surface area contributed by atoms with E-state index in [1.54, 1.807) is 6.92 Å². The summed E-state index contributed by atoms with van der Waals surface area (Å²) >= 11 is 1.04. The lowest BCUT2D eigenvalue weighted by Gasteiger charge is -2.37. The number of thioether (sulfide) groups is 1. The van der Waals surface area contributed by atoms with Crippen molar-refractivity contribution in [3.05, 3.63) is 11.0 Å². The van der Waals surface area contributed by atoms with Crippen LogP contribution in [0, 0.1) is 23.2 Å². The molecule has 0 heterocycles. The van der Waals surface area contributed by atoms with Gasteiger partial charge in [-0.2, -0.15) is 0 Å². The van der Waals surface area contributed by atoms with E-state index in [2.05, 4.69) is 26.1 Å². The largest absolute Gasteiger partial charge is 0.349 e. The Morgan fingerprint density at radius 3 is 2.46 bits per heavy atom. The number of hydrogen-bond donors (Lipinski definition) is 2. The van der Waals surface area contributed by atoms with E-state index in [0.717, 1.165) is 37.4 Å². The van der Waals surface area contributed by atoms with Crippen molar-refractivity contribution in [1.82, 2.24) is 5.32 Å². The molecule has 1 fully saturated rings. The minimum absolute atomic E-state index is 0.157. The third-order valence-electron chi connectivity index (χ3n) is 4.58. The van der Waals surface area contributed by atoms with Gasteiger partial charge in [-0.25, -0.2) is 4.39 Å². The number of hydrogen-bond acceptors (Lipinski definition) is 3. The van der Waals surface area contributed by atoms with Gasteiger partial charge in [-0.1, -0.05) is 45.4 Å². The SMILES string of the molecule is CC(=N)S/C(=C/C(C)F)C(=O)NC1CCCCC1C(C)CC(C)C. The molecule has 1 rings (SSSR count). The van der Waals surface area contributed by atoms with Crippen molar-refractivity contribution < 1.29 is 9.18 Å². The van der Waals surface area contributed by atoms with Crippen LogP contribution in [0.1, 0.15) is 66.7 Å². The predicted octanol–water partition coefficient (Wildman–Crippen LogP) is 5.32. The number of rotatable bonds is 7. The molecular formula is C19H33FN2OS. The highest BCUT2D eigenvalue weighted by Crippen LogP contribution is 2.34. The fraction of sp³-hybridized carbons (Fsp3) is 0.789. The zero-order chi connectivity index (χ0) is 18.3. The molecule has 4 unspecified atom stereocenters. The first-order valence-electron chi connectivity index (χ1n) is 9.10. The van der Waals surface area contributed by atoms with Gasteiger partial charge in [0.1, 0.15) is 6.17 Å². The summed E-state index contributed by atoms with van der Waals surface area (Å²) in [5, 5.41) is 11.0. The summed E-state index contributed by atoms with van der Waals surface area (Å²) in [4.78, 5) is 12.9. The molecule has 0 radical (unpaired) electrons. The molecule has 0 aliphatic heterocycles. The molecule has 3 nitrogen and oxygen atoms in total. The van der Waals surface area contributed by atoms with Gasteiger partial charge >= 0.3 is 0 Å². The summed E-state index contributed by atoms with van der Waals surface area (Å²) in [6.07, 6.45) is 5.77. The highest BCUT2D eigenvalue weighted by molar-refractivity contribution is 8.17. The Morgan fingerprint density at radius 2 is 1.92 bits per heavy atom. The van der Waals surface area contributed by atoms with Crippen molar-refractivity contribution in [3.63, 3.8) is 0 Å². The van der Waals surface area contributed by atoms with Crippen LogP contribution in [-0.2, 0) is 4.79 Å². The molecule has 5 heteroatoms. The van der Waals surface area contributed by atoms with E-state index in [1.165, 1.54) is 19.4 Å². The van der Waals surface area contributed by atoms with Crippen LogP contribution in [0.15, 0.2) is 11.0 Å². The Hall–Kier alpha value is -0.840. The van der Waals surface area contributed by atoms with Gasteiger partial charge < -0.3 is 5.32 Å². The number of halogens is 1. The van der Waals surface area contributed by atoms with Gasteiger partial charge in [0.05, 0.1) is 9.95 Å². The lowest BCUT2D eigenvalue weighted by Crippen LogP contribution is -2.45. The molecule has 1 saturated carbocycles. The minimum atomic E-state index is -1.19. The molecule has 0 saturated heterocycles. The first-order chi connectivity index (χ1) is 11.2. The molecule has 1 aliphatic carbocycles. The van der Waals surface area contributed by atoms with Crippen molar-refractivity contribution >= 4 is 22.7 Å². The first-order valence-corrected chi connectivity index (χ1v) is 9.92. The molecule has 0 spiro atoms. The van der Waals surface area contributed by atoms with Crippen molar-refractivity contribution in [2.75, 3.05) is 0 Å². The Labute approximate surface area is 150 Å². The van der Waals surface area contributed by atoms with E-state index in [1.807, 2.05) is 0 Å². The van der Waals surface area contributed by atoms with Gasteiger partial charge in [0.15, 0.2) is 0 Å². The third kappa shape index (κ3) is 7.37. The Morgan fingerprint density at radius 1 is 1.29 bits per heavy atom. The zero-order valence-corrected chi connectivity index (χ0v) is 16.5. The predicted molar refractivity (Wildman–Crippen MR) is 102 cm³/mol. The Kier molecular flexibility index (Phi) is 9.03. The smallest absolute Gasteiger partial charge is 0.258 e. The van der Waals surface area contributed by atoms with Gasteiger partial charge in [-0.15, -0.1) is 0 Å². The lowest BCUT2D eigenvalue weighted by atomic mass is 9.74. The maximum absolute atomic E-state index is 13.3. The standard InChI is InChI=1S/C19H33FN2OS/c1-12(2)10-13(3)16-8-6-7-9-17(16)22-19(23)18(11-14(4)20)24-15(5)21/h11-14,16-17,21H,6-10H2,1-5H3,(H,22,23)/b18-11+,21-15?. The van der Waals surface area contributed by atoms with Gasteiger partial charge in [-0.05, 0) is 56.9 Å². The average molecular weight is 357 g/mol. The van der Waals surface area contributed by atoms with Gasteiger partial charge in [0.25, 0.3) is 5.91 Å². The van der Waals surface area contributed by atoms with Crippen LogP contribution in [0.3, 0.4) is 0 Å². The molecule has 0 aromatic carbocycles. The molecule has 1 amide bonds. The van der Waals surface area contributed by atoms with Crippen LogP contribution < -0.4 is 5.32 Å². The minimum Gasteiger partial charge on any atom is -0.349 e. The summed E-state index contributed by atoms with van der Waals surface area (Å²) in [6, 6.07) is 0.157. The summed E-state index contributed by atoms with van der Waals surface area (Å²) in [6.45, 7) is 9.77. The van der Waals surface area contributed by atoms with E-state index in [4.69, 9.17) is 5.41 Å². The molecule has 1 aliphatic rings. The second kappa shape index (κ2) is 10.2. The zero-order valence-electron chi connectivity index (χ0n) is 15.7. The molecule has 0 aromatic heterocycles. The van der Waals surface area contributed by atoms with Crippen LogP contribution in [0.25, 0.3) is 0 Å². The summed E-state index contributed by atoms with van der Waals surface area (Å²) in [5.41, 5.74) is 0. The van der Waals surface area contributed by atoms with Crippen molar-refractivity contribution in [2.45, 2.75) is 78.9 Å². The summed E-state index contributed by atoms with van der Waals surface area (Å²) in [7, 11) is 0. The molecule has 4 atom stereocenters. The van der Waals surface area contributed by atoms with E-state index in [9.17, 15) is 9.18 Å². The molecule has 24 heavy (non-hydrogen) atoms. The van der Waals surface area contributed by atoms with Crippen molar-refractivity contribution in [2.24, 2.45) is 17.8 Å². The van der Waals surface area contributed by atoms with Gasteiger partial charge in [0.2, 0.25) is 0 Å². The number of carbonyl (C=O) groups is 1. The lowest BCUT2D eigenvalue weighted by molar-refractivity contribution is -0.118. The number of alkyl halides is 1. The summed E-state index contributed by atoms with van der Waals surface area (Å²) < 4.78 is 13.3. The highest BCUT2D eigenvalue weighted by atomic mass is 32.2. The number of carbonyl (C=O) groups excluding carboxylic acids is 1. The molecule has 2 N–H and O–H groups in total. The van der Waals surface area contributed by atoms with Crippen LogP contribution in [0.5, 0.6) is 0 Å². The van der Waals surface area contributed by atoms with Crippen LogP contribution >= 0.6 is 11.8 Å². The normalized spacial score (nSPS) is 24.5. The molecule has 138 valence electrons. The fourth-order valence-electron chi connectivity index (χ4n) is 3.71. The van der Waals surface area contributed by atoms with E-state index in [0.29, 0.717) is 27.7 Å². The maximum atomic E-state index is 13.3. The maximum Gasteiger partial charge on any atom is 0.258 e. The van der Waals surface area contributed by atoms with Crippen LogP contribution in [0.2, 0.25) is 0 Å². The first kappa shape index (κ1) is 21.2. The quantitative estimate of drug-likeness (QED) is 0.369. The van der Waals surface area contributed by atoms with E-state index < -0.39 is 6.17 Å². The fourth-order valence-corrected chi connectivity index (χ4v) is 4.44. The molecule has 0 bridgehead atoms. The van der Waals surface area contributed by atoms with Crippen LogP contribution in [0.4, 0.5) is 4.39 Å². The molecular weight excluding hydrogens is 323 g/mol. The Bertz CT molecular complexity index is 462. The van der Waals surface area contributed by atoms with Crippen molar-refractivity contribution in [3.8, 4) is 0 Å². The highest BCUT2D eigenvalue weighted by Gasteiger charge is 2.31. The monoisotopic (exact) mass is 356 g/mol. The Balaban J connectivity index is 2.81. The average Bonchev–Trinajstić information content (AvgIpc) is 2.45. The van der Waals surface area contributed by atoms with Crippen molar-refractivity contribution in [1.29, 1.82) is 5.41 Å².